The molecular weight excluding hydrogens is 400 g/mol. The Hall–Kier alpha value is -2.69. The van der Waals surface area contributed by atoms with Gasteiger partial charge in [-0.05, 0) is 69.4 Å². The molecule has 0 radical (unpaired) electrons. The van der Waals surface area contributed by atoms with Crippen LogP contribution in [0, 0.1) is 18.8 Å². The molecule has 0 saturated heterocycles. The summed E-state index contributed by atoms with van der Waals surface area (Å²) in [5.41, 5.74) is 3.28. The Kier molecular flexibility index (Phi) is 8.83. The number of carbonyl (C=O) groups is 3. The number of allylic oxidation sites excluding steroid dienone is 1. The molecule has 2 aliphatic rings. The second kappa shape index (κ2) is 11.8. The third-order valence-corrected chi connectivity index (χ3v) is 6.69. The lowest BCUT2D eigenvalue weighted by atomic mass is 9.79. The molecule has 1 aromatic carbocycles. The Bertz CT molecular complexity index is 830. The van der Waals surface area contributed by atoms with Crippen LogP contribution in [0.5, 0.6) is 0 Å². The van der Waals surface area contributed by atoms with Gasteiger partial charge in [0.15, 0.2) is 0 Å². The summed E-state index contributed by atoms with van der Waals surface area (Å²) in [6.45, 7) is 7.26. The number of aryl methyl sites for hydroxylation is 2. The molecule has 1 saturated carbocycles. The first-order valence-corrected chi connectivity index (χ1v) is 12.0. The van der Waals surface area contributed by atoms with Crippen LogP contribution in [0.3, 0.4) is 0 Å². The van der Waals surface area contributed by atoms with Crippen molar-refractivity contribution in [1.29, 1.82) is 0 Å². The minimum Gasteiger partial charge on any atom is -0.356 e. The lowest BCUT2D eigenvalue weighted by molar-refractivity contribution is -0.126. The van der Waals surface area contributed by atoms with Gasteiger partial charge in [-0.25, -0.2) is 0 Å². The average molecular weight is 437 g/mol. The number of hydrogen-bond acceptors (Lipinski definition) is 3. The first-order chi connectivity index (χ1) is 15.4. The average Bonchev–Trinajstić information content (AvgIpc) is 3.10. The number of benzene rings is 1. The molecule has 0 aromatic heterocycles. The maximum Gasteiger partial charge on any atom is 0.251 e. The van der Waals surface area contributed by atoms with E-state index in [2.05, 4.69) is 43.1 Å². The summed E-state index contributed by atoms with van der Waals surface area (Å²) < 4.78 is 0. The summed E-state index contributed by atoms with van der Waals surface area (Å²) in [6, 6.07) is 8.43. The van der Waals surface area contributed by atoms with Gasteiger partial charge < -0.3 is 10.2 Å². The number of nitrogens with zero attached hydrogens (tertiary/aromatic N) is 1. The fourth-order valence-corrected chi connectivity index (χ4v) is 4.61. The second-order valence-electron chi connectivity index (χ2n) is 9.25. The topological polar surface area (TPSA) is 66.5 Å². The molecule has 3 rings (SSSR count). The van der Waals surface area contributed by atoms with E-state index in [4.69, 9.17) is 0 Å². The van der Waals surface area contributed by atoms with Gasteiger partial charge in [0.1, 0.15) is 5.78 Å². The summed E-state index contributed by atoms with van der Waals surface area (Å²) in [5.74, 6) is 0.981. The normalized spacial score (nSPS) is 20.6. The van der Waals surface area contributed by atoms with E-state index in [1.165, 1.54) is 11.1 Å². The first kappa shape index (κ1) is 24.0. The van der Waals surface area contributed by atoms with E-state index in [0.29, 0.717) is 44.1 Å². The molecule has 0 bridgehead atoms. The fourth-order valence-electron chi connectivity index (χ4n) is 4.61. The molecule has 172 valence electrons. The molecule has 1 aliphatic carbocycles. The highest BCUT2D eigenvalue weighted by atomic mass is 16.2. The van der Waals surface area contributed by atoms with Crippen molar-refractivity contribution >= 4 is 17.6 Å². The Balaban J connectivity index is 1.24. The predicted molar refractivity (Wildman–Crippen MR) is 127 cm³/mol. The molecule has 5 nitrogen and oxygen atoms in total. The monoisotopic (exact) mass is 436 g/mol. The quantitative estimate of drug-likeness (QED) is 0.519. The highest BCUT2D eigenvalue weighted by molar-refractivity contribution is 5.93. The van der Waals surface area contributed by atoms with Crippen molar-refractivity contribution in [2.24, 2.45) is 11.8 Å². The number of Topliss-reactive ketones (excluding diaryl/α,β-unsaturated/α-hetero) is 1. The zero-order valence-corrected chi connectivity index (χ0v) is 19.3. The number of nitrogens with one attached hydrogen (secondary N) is 1. The zero-order valence-electron chi connectivity index (χ0n) is 19.3. The van der Waals surface area contributed by atoms with Crippen molar-refractivity contribution in [1.82, 2.24) is 10.2 Å². The van der Waals surface area contributed by atoms with Crippen molar-refractivity contribution in [3.8, 4) is 0 Å². The number of ketones is 1. The van der Waals surface area contributed by atoms with Crippen LogP contribution in [0.15, 0.2) is 48.7 Å². The van der Waals surface area contributed by atoms with Crippen LogP contribution in [0.25, 0.3) is 0 Å². The molecule has 32 heavy (non-hydrogen) atoms. The van der Waals surface area contributed by atoms with Crippen LogP contribution in [0.2, 0.25) is 0 Å². The van der Waals surface area contributed by atoms with Crippen molar-refractivity contribution in [2.75, 3.05) is 13.1 Å². The standard InChI is InChI=1S/C27H36N2O3/c1-20-8-11-22(12-9-20)5-3-7-26(31)28-18-4-6-25(30)24-15-13-23(14-16-24)19-29-21(2)10-17-27(29)32/h8-12,17,23-24H,2-7,13-16,18-19H2,1H3,(H,28,31). The van der Waals surface area contributed by atoms with Crippen molar-refractivity contribution < 1.29 is 14.4 Å². The third kappa shape index (κ3) is 7.18. The lowest BCUT2D eigenvalue weighted by Crippen LogP contribution is -2.33. The van der Waals surface area contributed by atoms with E-state index >= 15 is 0 Å². The molecule has 5 heteroatoms. The largest absolute Gasteiger partial charge is 0.356 e. The van der Waals surface area contributed by atoms with Gasteiger partial charge in [-0.15, -0.1) is 0 Å². The van der Waals surface area contributed by atoms with Crippen LogP contribution in [0.4, 0.5) is 0 Å². The van der Waals surface area contributed by atoms with Gasteiger partial charge in [-0.1, -0.05) is 36.4 Å². The lowest BCUT2D eigenvalue weighted by Gasteiger charge is -2.31. The van der Waals surface area contributed by atoms with Gasteiger partial charge >= 0.3 is 0 Å². The fraction of sp³-hybridized carbons (Fsp3) is 0.519. The van der Waals surface area contributed by atoms with Crippen LogP contribution in [0.1, 0.15) is 62.5 Å². The Morgan fingerprint density at radius 3 is 2.41 bits per heavy atom. The van der Waals surface area contributed by atoms with Crippen LogP contribution < -0.4 is 5.32 Å². The SMILES string of the molecule is C=C1C=CC(=O)N1CC1CCC(C(=O)CCCNC(=O)CCCc2ccc(C)cc2)CC1. The van der Waals surface area contributed by atoms with E-state index < -0.39 is 0 Å². The molecular formula is C27H36N2O3. The first-order valence-electron chi connectivity index (χ1n) is 12.0. The van der Waals surface area contributed by atoms with Crippen LogP contribution in [-0.4, -0.2) is 35.6 Å². The van der Waals surface area contributed by atoms with Crippen LogP contribution >= 0.6 is 0 Å². The van der Waals surface area contributed by atoms with Gasteiger partial charge in [0.25, 0.3) is 5.91 Å². The Labute approximate surface area is 191 Å². The summed E-state index contributed by atoms with van der Waals surface area (Å²) >= 11 is 0. The molecule has 0 unspecified atom stereocenters. The zero-order chi connectivity index (χ0) is 22.9. The molecule has 1 heterocycles. The van der Waals surface area contributed by atoms with E-state index in [9.17, 15) is 14.4 Å². The van der Waals surface area contributed by atoms with Crippen LogP contribution in [-0.2, 0) is 20.8 Å². The minimum absolute atomic E-state index is 0.0189. The summed E-state index contributed by atoms with van der Waals surface area (Å²) in [7, 11) is 0. The van der Waals surface area contributed by atoms with Crippen molar-refractivity contribution in [2.45, 2.75) is 64.7 Å². The molecule has 0 atom stereocenters. The summed E-state index contributed by atoms with van der Waals surface area (Å²) in [5, 5.41) is 2.95. The number of amides is 2. The smallest absolute Gasteiger partial charge is 0.251 e. The maximum absolute atomic E-state index is 12.5. The Morgan fingerprint density at radius 2 is 1.75 bits per heavy atom. The number of rotatable bonds is 11. The maximum atomic E-state index is 12.5. The van der Waals surface area contributed by atoms with E-state index in [1.54, 1.807) is 17.1 Å². The highest BCUT2D eigenvalue weighted by Crippen LogP contribution is 2.32. The molecule has 0 spiro atoms. The molecule has 1 fully saturated rings. The molecule has 1 aromatic rings. The Morgan fingerprint density at radius 1 is 1.03 bits per heavy atom. The van der Waals surface area contributed by atoms with Gasteiger partial charge in [0, 0.05) is 43.6 Å². The molecule has 2 amide bonds. The van der Waals surface area contributed by atoms with Gasteiger partial charge in [0.05, 0.1) is 0 Å². The van der Waals surface area contributed by atoms with Crippen molar-refractivity contribution in [3.05, 3.63) is 59.8 Å². The van der Waals surface area contributed by atoms with Gasteiger partial charge in [-0.3, -0.25) is 14.4 Å². The third-order valence-electron chi connectivity index (χ3n) is 6.69. The summed E-state index contributed by atoms with van der Waals surface area (Å²) in [4.78, 5) is 38.2. The minimum atomic E-state index is 0.0189. The van der Waals surface area contributed by atoms with Gasteiger partial charge in [0.2, 0.25) is 5.91 Å². The number of hydrogen-bond donors (Lipinski definition) is 1. The molecule has 1 N–H and O–H groups in total. The summed E-state index contributed by atoms with van der Waals surface area (Å²) in [6.07, 6.45) is 10.6. The van der Waals surface area contributed by atoms with E-state index in [1.807, 2.05) is 0 Å². The van der Waals surface area contributed by atoms with Gasteiger partial charge in [-0.2, -0.15) is 0 Å². The van der Waals surface area contributed by atoms with E-state index in [-0.39, 0.29) is 17.7 Å². The highest BCUT2D eigenvalue weighted by Gasteiger charge is 2.29. The van der Waals surface area contributed by atoms with E-state index in [0.717, 1.165) is 44.2 Å². The van der Waals surface area contributed by atoms with Crippen molar-refractivity contribution in [3.63, 3.8) is 0 Å². The number of carbonyl (C=O) groups excluding carboxylic acids is 3. The second-order valence-corrected chi connectivity index (χ2v) is 9.25. The predicted octanol–water partition coefficient (Wildman–Crippen LogP) is 4.50. The molecule has 1 aliphatic heterocycles.